The van der Waals surface area contributed by atoms with Gasteiger partial charge in [-0.3, -0.25) is 4.90 Å². The normalized spacial score (nSPS) is 15.3. The topological polar surface area (TPSA) is 63.4 Å². The third kappa shape index (κ3) is 5.40. The molecule has 114 valence electrons. The molecule has 1 rings (SSSR count). The molecule has 4 nitrogen and oxygen atoms in total. The van der Waals surface area contributed by atoms with Crippen molar-refractivity contribution in [2.75, 3.05) is 32.1 Å². The van der Waals surface area contributed by atoms with Crippen LogP contribution in [0.1, 0.15) is 12.5 Å². The quantitative estimate of drug-likeness (QED) is 0.829. The summed E-state index contributed by atoms with van der Waals surface area (Å²) in [7, 11) is -1.06. The number of hydrogen-bond donors (Lipinski definition) is 1. The fourth-order valence-corrected chi connectivity index (χ4v) is 2.71. The maximum atomic E-state index is 11.3. The summed E-state index contributed by atoms with van der Waals surface area (Å²) < 4.78 is 22.5. The molecule has 0 aromatic heterocycles. The average Bonchev–Trinajstić information content (AvgIpc) is 2.37. The summed E-state index contributed by atoms with van der Waals surface area (Å²) in [4.78, 5) is 2.02. The molecule has 1 aromatic carbocycles. The molecule has 0 aliphatic rings. The van der Waals surface area contributed by atoms with Crippen molar-refractivity contribution in [3.05, 3.63) is 34.9 Å². The Morgan fingerprint density at radius 3 is 2.30 bits per heavy atom. The predicted molar refractivity (Wildman–Crippen MR) is 85.0 cm³/mol. The largest absolute Gasteiger partial charge is 0.329 e. The Kier molecular flexibility index (Phi) is 6.01. The van der Waals surface area contributed by atoms with Crippen LogP contribution in [-0.2, 0) is 16.3 Å². The summed E-state index contributed by atoms with van der Waals surface area (Å²) in [6.07, 6.45) is 2.00. The maximum absolute atomic E-state index is 11.3. The van der Waals surface area contributed by atoms with Gasteiger partial charge in [0.1, 0.15) is 9.84 Å². The van der Waals surface area contributed by atoms with E-state index >= 15 is 0 Å². The number of nitrogens with zero attached hydrogens (tertiary/aromatic N) is 1. The summed E-state index contributed by atoms with van der Waals surface area (Å²) in [5.41, 5.74) is 6.76. The van der Waals surface area contributed by atoms with Crippen LogP contribution in [0.4, 0.5) is 0 Å². The fraction of sp³-hybridized carbons (Fsp3) is 0.571. The molecule has 6 heteroatoms. The monoisotopic (exact) mass is 318 g/mol. The standard InChI is InChI=1S/C14H23ClN2O2S/c1-14(11-16,17(2)8-9-20(3,18)19)10-12-4-6-13(15)7-5-12/h4-7H,8-11,16H2,1-3H3. The van der Waals surface area contributed by atoms with Crippen molar-refractivity contribution >= 4 is 21.4 Å². The van der Waals surface area contributed by atoms with Gasteiger partial charge in [-0.05, 0) is 38.1 Å². The highest BCUT2D eigenvalue weighted by atomic mass is 35.5. The molecule has 0 spiro atoms. The Morgan fingerprint density at radius 1 is 1.30 bits per heavy atom. The Hall–Kier alpha value is -0.620. The van der Waals surface area contributed by atoms with Crippen molar-refractivity contribution in [1.29, 1.82) is 0 Å². The molecular weight excluding hydrogens is 296 g/mol. The molecule has 1 atom stereocenters. The zero-order chi connectivity index (χ0) is 15.4. The van der Waals surface area contributed by atoms with Crippen molar-refractivity contribution in [1.82, 2.24) is 4.90 Å². The minimum atomic E-state index is -2.97. The third-order valence-corrected chi connectivity index (χ3v) is 4.83. The lowest BCUT2D eigenvalue weighted by atomic mass is 9.91. The smallest absolute Gasteiger partial charge is 0.148 e. The van der Waals surface area contributed by atoms with Gasteiger partial charge in [0, 0.05) is 29.9 Å². The first kappa shape index (κ1) is 17.4. The van der Waals surface area contributed by atoms with E-state index in [0.29, 0.717) is 18.1 Å². The summed E-state index contributed by atoms with van der Waals surface area (Å²) >= 11 is 5.88. The molecule has 2 N–H and O–H groups in total. The highest BCUT2D eigenvalue weighted by molar-refractivity contribution is 7.90. The lowest BCUT2D eigenvalue weighted by Crippen LogP contribution is -2.52. The molecule has 1 aromatic rings. The number of hydrogen-bond acceptors (Lipinski definition) is 4. The van der Waals surface area contributed by atoms with E-state index in [9.17, 15) is 8.42 Å². The van der Waals surface area contributed by atoms with Crippen LogP contribution >= 0.6 is 11.6 Å². The molecule has 0 heterocycles. The van der Waals surface area contributed by atoms with Crippen LogP contribution in [0.2, 0.25) is 5.02 Å². The first-order valence-corrected chi connectivity index (χ1v) is 8.94. The fourth-order valence-electron chi connectivity index (χ4n) is 1.98. The molecule has 0 aliphatic heterocycles. The lowest BCUT2D eigenvalue weighted by Gasteiger charge is -2.38. The van der Waals surface area contributed by atoms with Crippen LogP contribution in [0, 0.1) is 0 Å². The van der Waals surface area contributed by atoms with Gasteiger partial charge in [0.15, 0.2) is 0 Å². The van der Waals surface area contributed by atoms with Gasteiger partial charge < -0.3 is 5.73 Å². The molecule has 1 unspecified atom stereocenters. The zero-order valence-electron chi connectivity index (χ0n) is 12.3. The Bertz CT molecular complexity index is 531. The van der Waals surface area contributed by atoms with Gasteiger partial charge in [0.2, 0.25) is 0 Å². The summed E-state index contributed by atoms with van der Waals surface area (Å²) in [6, 6.07) is 7.65. The number of halogens is 1. The van der Waals surface area contributed by atoms with E-state index in [-0.39, 0.29) is 11.3 Å². The van der Waals surface area contributed by atoms with E-state index in [1.807, 2.05) is 43.1 Å². The Morgan fingerprint density at radius 2 is 1.85 bits per heavy atom. The van der Waals surface area contributed by atoms with Crippen LogP contribution in [0.5, 0.6) is 0 Å². The number of nitrogens with two attached hydrogens (primary N) is 1. The van der Waals surface area contributed by atoms with Gasteiger partial charge in [0.05, 0.1) is 5.75 Å². The highest BCUT2D eigenvalue weighted by Gasteiger charge is 2.28. The number of likely N-dealkylation sites (N-methyl/N-ethyl adjacent to an activating group) is 1. The van der Waals surface area contributed by atoms with E-state index in [1.165, 1.54) is 6.26 Å². The second kappa shape index (κ2) is 6.89. The lowest BCUT2D eigenvalue weighted by molar-refractivity contribution is 0.153. The van der Waals surface area contributed by atoms with Gasteiger partial charge >= 0.3 is 0 Å². The number of benzene rings is 1. The molecule has 20 heavy (non-hydrogen) atoms. The van der Waals surface area contributed by atoms with Crippen molar-refractivity contribution in [3.63, 3.8) is 0 Å². The first-order valence-electron chi connectivity index (χ1n) is 6.50. The minimum Gasteiger partial charge on any atom is -0.329 e. The minimum absolute atomic E-state index is 0.139. The van der Waals surface area contributed by atoms with E-state index in [4.69, 9.17) is 17.3 Å². The average molecular weight is 319 g/mol. The highest BCUT2D eigenvalue weighted by Crippen LogP contribution is 2.20. The van der Waals surface area contributed by atoms with Crippen LogP contribution in [0.3, 0.4) is 0 Å². The van der Waals surface area contributed by atoms with Gasteiger partial charge in [-0.15, -0.1) is 0 Å². The molecule has 0 bridgehead atoms. The van der Waals surface area contributed by atoms with Gasteiger partial charge in [-0.1, -0.05) is 23.7 Å². The SMILES string of the molecule is CN(CCS(C)(=O)=O)C(C)(CN)Cc1ccc(Cl)cc1. The van der Waals surface area contributed by atoms with Crippen LogP contribution in [-0.4, -0.2) is 51.0 Å². The molecule has 0 fully saturated rings. The van der Waals surface area contributed by atoms with Crippen molar-refractivity contribution < 1.29 is 8.42 Å². The van der Waals surface area contributed by atoms with Crippen molar-refractivity contribution in [2.24, 2.45) is 5.73 Å². The van der Waals surface area contributed by atoms with Gasteiger partial charge in [-0.2, -0.15) is 0 Å². The van der Waals surface area contributed by atoms with Crippen LogP contribution in [0.25, 0.3) is 0 Å². The zero-order valence-corrected chi connectivity index (χ0v) is 13.8. The van der Waals surface area contributed by atoms with E-state index in [1.54, 1.807) is 0 Å². The van der Waals surface area contributed by atoms with E-state index in [2.05, 4.69) is 0 Å². The van der Waals surface area contributed by atoms with Crippen LogP contribution < -0.4 is 5.73 Å². The number of sulfone groups is 1. The van der Waals surface area contributed by atoms with Crippen molar-refractivity contribution in [3.8, 4) is 0 Å². The second-order valence-electron chi connectivity index (χ2n) is 5.56. The molecule has 0 aliphatic carbocycles. The molecular formula is C14H23ClN2O2S. The first-order chi connectivity index (χ1) is 9.16. The van der Waals surface area contributed by atoms with Gasteiger partial charge in [0.25, 0.3) is 0 Å². The Balaban J connectivity index is 2.77. The summed E-state index contributed by atoms with van der Waals surface area (Å²) in [5, 5.41) is 0.702. The predicted octanol–water partition coefficient (Wildman–Crippen LogP) is 1.58. The van der Waals surface area contributed by atoms with Crippen molar-refractivity contribution in [2.45, 2.75) is 18.9 Å². The molecule has 0 saturated heterocycles. The van der Waals surface area contributed by atoms with Crippen LogP contribution in [0.15, 0.2) is 24.3 Å². The second-order valence-corrected chi connectivity index (χ2v) is 8.25. The molecule has 0 radical (unpaired) electrons. The third-order valence-electron chi connectivity index (χ3n) is 3.66. The molecule has 0 saturated carbocycles. The summed E-state index contributed by atoms with van der Waals surface area (Å²) in [6.45, 7) is 2.97. The Labute approximate surface area is 126 Å². The van der Waals surface area contributed by atoms with Gasteiger partial charge in [-0.25, -0.2) is 8.42 Å². The number of rotatable bonds is 7. The van der Waals surface area contributed by atoms with E-state index < -0.39 is 9.84 Å². The maximum Gasteiger partial charge on any atom is 0.148 e. The molecule has 0 amide bonds. The van der Waals surface area contributed by atoms with E-state index in [0.717, 1.165) is 12.0 Å². The summed E-state index contributed by atoms with van der Waals surface area (Å²) in [5.74, 6) is 0.139.